The van der Waals surface area contributed by atoms with Gasteiger partial charge in [-0.2, -0.15) is 8.75 Å². The lowest BCUT2D eigenvalue weighted by Gasteiger charge is -2.31. The third-order valence-corrected chi connectivity index (χ3v) is 14.7. The number of hydrogen-bond acceptors (Lipinski definition) is 9. The Morgan fingerprint density at radius 1 is 0.241 bits per heavy atom. The highest BCUT2D eigenvalue weighted by molar-refractivity contribution is 7.00. The molecule has 0 fully saturated rings. The van der Waals surface area contributed by atoms with Gasteiger partial charge < -0.3 is 19.6 Å². The second-order valence-electron chi connectivity index (χ2n) is 19.4. The van der Waals surface area contributed by atoms with Gasteiger partial charge in [-0.15, -0.1) is 0 Å². The van der Waals surface area contributed by atoms with Gasteiger partial charge in [-0.3, -0.25) is 0 Å². The van der Waals surface area contributed by atoms with E-state index in [1.807, 2.05) is 12.1 Å². The van der Waals surface area contributed by atoms with E-state index in [0.29, 0.717) is 22.1 Å². The van der Waals surface area contributed by atoms with Crippen LogP contribution in [-0.2, 0) is 0 Å². The molecule has 0 aliphatic heterocycles. The molecule has 2 aromatic heterocycles. The molecule has 378 valence electrons. The molecule has 0 N–H and O–H groups in total. The van der Waals surface area contributed by atoms with Crippen molar-refractivity contribution in [3.8, 4) is 22.5 Å². The molecule has 79 heavy (non-hydrogen) atoms. The Labute approximate surface area is 464 Å². The van der Waals surface area contributed by atoms with Crippen molar-refractivity contribution in [3.63, 3.8) is 0 Å². The summed E-state index contributed by atoms with van der Waals surface area (Å²) in [6, 6.07) is 97.6. The van der Waals surface area contributed by atoms with Crippen LogP contribution in [-0.4, -0.2) is 18.7 Å². The van der Waals surface area contributed by atoms with Crippen LogP contribution in [0.15, 0.2) is 279 Å². The van der Waals surface area contributed by atoms with Crippen molar-refractivity contribution >= 4 is 102 Å². The van der Waals surface area contributed by atoms with Crippen LogP contribution in [0.25, 0.3) is 44.6 Å². The van der Waals surface area contributed by atoms with Crippen LogP contribution in [0.5, 0.6) is 0 Å². The van der Waals surface area contributed by atoms with Crippen molar-refractivity contribution in [2.75, 3.05) is 19.6 Å². The fourth-order valence-electron chi connectivity index (χ4n) is 10.4. The smallest absolute Gasteiger partial charge is 0.133 e. The van der Waals surface area contributed by atoms with Crippen molar-refractivity contribution in [3.05, 3.63) is 290 Å². The highest BCUT2D eigenvalue weighted by Gasteiger charge is 2.32. The number of fused-ring (bicyclic) bond motifs is 2. The van der Waals surface area contributed by atoms with Gasteiger partial charge in [0.05, 0.1) is 23.1 Å². The van der Waals surface area contributed by atoms with Crippen LogP contribution in [0.4, 0.5) is 68.2 Å². The van der Waals surface area contributed by atoms with E-state index in [4.69, 9.17) is 18.7 Å². The summed E-state index contributed by atoms with van der Waals surface area (Å²) in [6.07, 6.45) is 0. The molecule has 0 aliphatic rings. The van der Waals surface area contributed by atoms with Gasteiger partial charge >= 0.3 is 0 Å². The van der Waals surface area contributed by atoms with E-state index in [1.165, 1.54) is 11.7 Å². The Kier molecular flexibility index (Phi) is 13.1. The largest absolute Gasteiger partial charge is 0.311 e. The predicted octanol–water partition coefficient (Wildman–Crippen LogP) is 19.5. The first kappa shape index (κ1) is 48.4. The Morgan fingerprint density at radius 3 is 0.747 bits per heavy atom. The fourth-order valence-corrected chi connectivity index (χ4v) is 11.0. The second kappa shape index (κ2) is 21.4. The van der Waals surface area contributed by atoms with Crippen LogP contribution < -0.4 is 19.6 Å². The van der Waals surface area contributed by atoms with Crippen molar-refractivity contribution < 1.29 is 0 Å². The molecule has 0 radical (unpaired) electrons. The van der Waals surface area contributed by atoms with Gasteiger partial charge in [-0.25, -0.2) is 9.97 Å². The van der Waals surface area contributed by atoms with Gasteiger partial charge in [0.25, 0.3) is 0 Å². The number of hydrogen-bond donors (Lipinski definition) is 0. The second-order valence-corrected chi connectivity index (χ2v) is 19.9. The van der Waals surface area contributed by atoms with Crippen LogP contribution in [0, 0.1) is 13.8 Å². The maximum Gasteiger partial charge on any atom is 0.133 e. The van der Waals surface area contributed by atoms with E-state index in [1.54, 1.807) is 0 Å². The quantitative estimate of drug-likeness (QED) is 0.0999. The van der Waals surface area contributed by atoms with Crippen molar-refractivity contribution in [1.82, 2.24) is 18.7 Å². The molecule has 0 bridgehead atoms. The number of aromatic nitrogens is 4. The summed E-state index contributed by atoms with van der Waals surface area (Å²) in [5.74, 6) is 0. The van der Waals surface area contributed by atoms with E-state index < -0.39 is 0 Å². The van der Waals surface area contributed by atoms with Gasteiger partial charge in [-0.1, -0.05) is 169 Å². The van der Waals surface area contributed by atoms with Crippen molar-refractivity contribution in [2.45, 2.75) is 13.8 Å². The molecule has 0 saturated heterocycles. The highest BCUT2D eigenvalue weighted by Crippen LogP contribution is 2.51. The molecule has 2 heterocycles. The summed E-state index contributed by atoms with van der Waals surface area (Å²) < 4.78 is 10.6. The highest BCUT2D eigenvalue weighted by atomic mass is 32.1. The molecule has 0 atom stereocenters. The number of para-hydroxylation sites is 4. The fraction of sp³-hybridized carbons (Fsp3) is 0.0286. The summed E-state index contributed by atoms with van der Waals surface area (Å²) in [6.45, 7) is 4.24. The van der Waals surface area contributed by atoms with Crippen molar-refractivity contribution in [2.24, 2.45) is 0 Å². The van der Waals surface area contributed by atoms with Gasteiger partial charge in [0.2, 0.25) is 0 Å². The van der Waals surface area contributed by atoms with E-state index in [0.717, 1.165) is 102 Å². The first-order valence-corrected chi connectivity index (χ1v) is 27.1. The normalized spacial score (nSPS) is 11.2. The Hall–Kier alpha value is -10.2. The summed E-state index contributed by atoms with van der Waals surface area (Å²) in [5.41, 5.74) is 19.9. The maximum absolute atomic E-state index is 5.91. The number of anilines is 12. The molecule has 0 unspecified atom stereocenters. The lowest BCUT2D eigenvalue weighted by molar-refractivity contribution is 1.22. The Balaban J connectivity index is 1.09. The first-order valence-electron chi connectivity index (χ1n) is 26.4. The molecule has 13 rings (SSSR count). The topological polar surface area (TPSA) is 64.5 Å². The molecule has 9 heteroatoms. The third-order valence-electron chi connectivity index (χ3n) is 14.2. The van der Waals surface area contributed by atoms with Gasteiger partial charge in [0.1, 0.15) is 33.4 Å². The molecule has 8 nitrogen and oxygen atoms in total. The Bertz CT molecular complexity index is 3820. The third kappa shape index (κ3) is 9.49. The summed E-state index contributed by atoms with van der Waals surface area (Å²) in [7, 11) is 0. The van der Waals surface area contributed by atoms with Gasteiger partial charge in [0, 0.05) is 68.0 Å². The van der Waals surface area contributed by atoms with E-state index >= 15 is 0 Å². The van der Waals surface area contributed by atoms with Gasteiger partial charge in [0.15, 0.2) is 0 Å². The Morgan fingerprint density at radius 2 is 0.468 bits per heavy atom. The predicted molar refractivity (Wildman–Crippen MR) is 330 cm³/mol. The average molecular weight is 1040 g/mol. The van der Waals surface area contributed by atoms with E-state index in [-0.39, 0.29) is 0 Å². The zero-order valence-corrected chi connectivity index (χ0v) is 44.4. The van der Waals surface area contributed by atoms with Crippen LogP contribution >= 0.6 is 11.7 Å². The summed E-state index contributed by atoms with van der Waals surface area (Å²) >= 11 is 1.19. The minimum Gasteiger partial charge on any atom is -0.311 e. The van der Waals surface area contributed by atoms with E-state index in [9.17, 15) is 0 Å². The SMILES string of the molecule is Cc1ccc(N(c2ccc(N(c3ccccc3)c3ccccc3)cc2)c2c3nsnc3c(N(c3ccc(C)cc3)c3ccc(N(c4ccccc4)c4ccccc4)cc3)c3nc(-c4ccccc4)c(-c4ccccc4)nc23)cc1. The van der Waals surface area contributed by atoms with Crippen LogP contribution in [0.2, 0.25) is 0 Å². The minimum absolute atomic E-state index is 0.668. The summed E-state index contributed by atoms with van der Waals surface area (Å²) in [5, 5.41) is 0. The lowest BCUT2D eigenvalue weighted by atomic mass is 10.0. The zero-order valence-electron chi connectivity index (χ0n) is 43.5. The number of rotatable bonds is 14. The van der Waals surface area contributed by atoms with Crippen LogP contribution in [0.3, 0.4) is 0 Å². The standard InChI is InChI=1S/C70H52N8S/c1-49-33-37-59(38-34-49)77(61-45-41-57(42-46-61)75(53-25-13-5-14-26-53)54-27-15-6-16-28-54)69-65-66(72-64(52-23-11-4-12-24-52)63(71-65)51-21-9-3-10-22-51)70(68-67(69)73-79-74-68)78(60-39-35-50(2)36-40-60)62-47-43-58(44-48-62)76(55-29-17-7-18-30-55)56-31-19-8-20-32-56/h3-48H,1-2H3. The van der Waals surface area contributed by atoms with Gasteiger partial charge in [-0.05, 0) is 135 Å². The molecule has 0 saturated carbocycles. The molecular weight excluding hydrogens is 985 g/mol. The first-order chi connectivity index (χ1) is 39.0. The number of nitrogens with zero attached hydrogens (tertiary/aromatic N) is 8. The molecule has 11 aromatic carbocycles. The molecule has 0 aliphatic carbocycles. The zero-order chi connectivity index (χ0) is 53.1. The molecule has 13 aromatic rings. The average Bonchev–Trinajstić information content (AvgIpc) is 4.02. The number of aryl methyl sites for hydroxylation is 2. The summed E-state index contributed by atoms with van der Waals surface area (Å²) in [4.78, 5) is 20.9. The van der Waals surface area contributed by atoms with E-state index in [2.05, 4.69) is 300 Å². The lowest BCUT2D eigenvalue weighted by Crippen LogP contribution is -2.16. The molecule has 0 spiro atoms. The minimum atomic E-state index is 0.668. The van der Waals surface area contributed by atoms with Crippen LogP contribution in [0.1, 0.15) is 11.1 Å². The maximum atomic E-state index is 5.91. The number of benzene rings is 11. The van der Waals surface area contributed by atoms with Crippen molar-refractivity contribution in [1.29, 1.82) is 0 Å². The molecule has 0 amide bonds. The monoisotopic (exact) mass is 1040 g/mol. The molecular formula is C70H52N8S.